The van der Waals surface area contributed by atoms with Crippen LogP contribution >= 0.6 is 0 Å². The zero-order valence-electron chi connectivity index (χ0n) is 19.8. The highest BCUT2D eigenvalue weighted by Gasteiger charge is 2.14. The number of allylic oxidation sites excluding steroid dienone is 3. The van der Waals surface area contributed by atoms with E-state index in [9.17, 15) is 0 Å². The molecule has 35 heavy (non-hydrogen) atoms. The lowest BCUT2D eigenvalue weighted by atomic mass is 10.1. The maximum atomic E-state index is 15.4. The minimum Gasteiger partial charge on any atom is -0.494 e. The number of hydrogen-bond donors (Lipinski definition) is 2. The van der Waals surface area contributed by atoms with Crippen LogP contribution in [0.2, 0.25) is 0 Å². The number of ether oxygens (including phenoxy) is 1. The molecule has 0 spiro atoms. The molecule has 3 rings (SSSR count). The first-order chi connectivity index (χ1) is 16.9. The molecule has 178 valence electrons. The van der Waals surface area contributed by atoms with Gasteiger partial charge in [0.2, 0.25) is 0 Å². The van der Waals surface area contributed by atoms with E-state index in [1.807, 2.05) is 25.1 Å². The molecule has 0 aliphatic heterocycles. The first kappa shape index (κ1) is 25.0. The Morgan fingerprint density at radius 2 is 2.03 bits per heavy atom. The Kier molecular flexibility index (Phi) is 8.24. The molecular weight excluding hydrogens is 443 g/mol. The monoisotopic (exact) mass is 470 g/mol. The van der Waals surface area contributed by atoms with Crippen molar-refractivity contribution in [2.24, 2.45) is 10.7 Å². The molecule has 3 aromatic rings. The SMILES string of the molecule is C=Cc1cc(C(/C=C\N)=C(\F)C(=C)NCc2cnc(-c3ccnc(C)c3)c(OC)c2)ncc1N=C. The molecule has 0 aromatic carbocycles. The van der Waals surface area contributed by atoms with Crippen molar-refractivity contribution in [1.82, 2.24) is 20.3 Å². The summed E-state index contributed by atoms with van der Waals surface area (Å²) >= 11 is 0. The standard InChI is InChI=1S/C27H27FN6O/c1-6-20-13-23(33-16-24(20)30-4)22(7-9-29)26(28)18(3)32-14-19-12-25(35-5)27(34-15-19)21-8-10-31-17(2)11-21/h6-13,15-16,32H,1,3-4,14,29H2,2,5H3/b9-7-,26-22-. The molecule has 7 nitrogen and oxygen atoms in total. The van der Waals surface area contributed by atoms with Gasteiger partial charge in [0.15, 0.2) is 5.83 Å². The third-order valence-electron chi connectivity index (χ3n) is 5.15. The number of pyridine rings is 3. The van der Waals surface area contributed by atoms with E-state index < -0.39 is 5.83 Å². The van der Waals surface area contributed by atoms with Gasteiger partial charge in [-0.1, -0.05) is 19.2 Å². The minimum atomic E-state index is -0.600. The van der Waals surface area contributed by atoms with Gasteiger partial charge < -0.3 is 15.8 Å². The molecule has 3 aromatic heterocycles. The van der Waals surface area contributed by atoms with Crippen molar-refractivity contribution >= 4 is 24.1 Å². The normalized spacial score (nSPS) is 11.6. The zero-order valence-corrected chi connectivity index (χ0v) is 19.8. The molecule has 3 heterocycles. The molecule has 0 atom stereocenters. The van der Waals surface area contributed by atoms with Gasteiger partial charge in [0.1, 0.15) is 11.4 Å². The fourth-order valence-corrected chi connectivity index (χ4v) is 3.37. The van der Waals surface area contributed by atoms with Crippen molar-refractivity contribution in [3.8, 4) is 17.0 Å². The fourth-order valence-electron chi connectivity index (χ4n) is 3.37. The predicted octanol–water partition coefficient (Wildman–Crippen LogP) is 5.29. The summed E-state index contributed by atoms with van der Waals surface area (Å²) < 4.78 is 20.9. The van der Waals surface area contributed by atoms with E-state index in [4.69, 9.17) is 10.5 Å². The lowest BCUT2D eigenvalue weighted by Gasteiger charge is -2.13. The van der Waals surface area contributed by atoms with Crippen LogP contribution in [-0.4, -0.2) is 28.8 Å². The summed E-state index contributed by atoms with van der Waals surface area (Å²) in [5.74, 6) is -0.00215. The Labute approximate surface area is 204 Å². The average molecular weight is 471 g/mol. The number of nitrogens with two attached hydrogens (primary N) is 1. The lowest BCUT2D eigenvalue weighted by molar-refractivity contribution is 0.414. The molecule has 0 bridgehead atoms. The summed E-state index contributed by atoms with van der Waals surface area (Å²) in [5.41, 5.74) is 10.6. The summed E-state index contributed by atoms with van der Waals surface area (Å²) in [5, 5.41) is 2.99. The van der Waals surface area contributed by atoms with Gasteiger partial charge >= 0.3 is 0 Å². The van der Waals surface area contributed by atoms with Gasteiger partial charge in [-0.15, -0.1) is 0 Å². The third kappa shape index (κ3) is 5.86. The zero-order chi connectivity index (χ0) is 25.4. The van der Waals surface area contributed by atoms with Crippen LogP contribution in [0, 0.1) is 6.92 Å². The number of methoxy groups -OCH3 is 1. The summed E-state index contributed by atoms with van der Waals surface area (Å²) in [7, 11) is 1.58. The fraction of sp³-hybridized carbons (Fsp3) is 0.111. The molecule has 0 aliphatic carbocycles. The first-order valence-electron chi connectivity index (χ1n) is 10.7. The predicted molar refractivity (Wildman–Crippen MR) is 140 cm³/mol. The number of hydrogen-bond acceptors (Lipinski definition) is 7. The van der Waals surface area contributed by atoms with E-state index in [0.717, 1.165) is 16.8 Å². The van der Waals surface area contributed by atoms with Crippen LogP contribution in [0.5, 0.6) is 5.75 Å². The van der Waals surface area contributed by atoms with E-state index >= 15 is 4.39 Å². The van der Waals surface area contributed by atoms with Crippen molar-refractivity contribution in [2.45, 2.75) is 13.5 Å². The van der Waals surface area contributed by atoms with Gasteiger partial charge in [-0.3, -0.25) is 19.9 Å². The second-order valence-electron chi connectivity index (χ2n) is 7.49. The quantitative estimate of drug-likeness (QED) is 0.309. The van der Waals surface area contributed by atoms with Gasteiger partial charge in [0, 0.05) is 41.3 Å². The Hall–Kier alpha value is -4.59. The lowest BCUT2D eigenvalue weighted by Crippen LogP contribution is -2.14. The topological polar surface area (TPSA) is 98.3 Å². The minimum absolute atomic E-state index is 0.0683. The largest absolute Gasteiger partial charge is 0.494 e. The smallest absolute Gasteiger partial charge is 0.155 e. The highest BCUT2D eigenvalue weighted by molar-refractivity contribution is 5.78. The number of halogens is 1. The molecule has 0 fully saturated rings. The molecule has 0 saturated carbocycles. The number of nitrogens with one attached hydrogen (secondary N) is 1. The van der Waals surface area contributed by atoms with E-state index in [1.54, 1.807) is 31.6 Å². The van der Waals surface area contributed by atoms with Gasteiger partial charge in [-0.25, -0.2) is 4.39 Å². The first-order valence-corrected chi connectivity index (χ1v) is 10.7. The molecule has 0 unspecified atom stereocenters. The Morgan fingerprint density at radius 1 is 1.23 bits per heavy atom. The van der Waals surface area contributed by atoms with Gasteiger partial charge in [0.05, 0.1) is 30.4 Å². The molecule has 3 N–H and O–H groups in total. The molecule has 0 saturated heterocycles. The van der Waals surface area contributed by atoms with Crippen LogP contribution in [0.3, 0.4) is 0 Å². The van der Waals surface area contributed by atoms with Crippen LogP contribution < -0.4 is 15.8 Å². The van der Waals surface area contributed by atoms with Gasteiger partial charge in [-0.2, -0.15) is 0 Å². The van der Waals surface area contributed by atoms with Crippen LogP contribution in [0.1, 0.15) is 22.5 Å². The maximum absolute atomic E-state index is 15.4. The van der Waals surface area contributed by atoms with Crippen LogP contribution in [-0.2, 0) is 6.54 Å². The molecule has 0 aliphatic rings. The van der Waals surface area contributed by atoms with Crippen molar-refractivity contribution in [2.75, 3.05) is 7.11 Å². The van der Waals surface area contributed by atoms with E-state index in [2.05, 4.69) is 45.1 Å². The maximum Gasteiger partial charge on any atom is 0.155 e. The van der Waals surface area contributed by atoms with Crippen molar-refractivity contribution < 1.29 is 9.13 Å². The van der Waals surface area contributed by atoms with Crippen LogP contribution in [0.4, 0.5) is 10.1 Å². The number of nitrogens with zero attached hydrogens (tertiary/aromatic N) is 4. The third-order valence-corrected chi connectivity index (χ3v) is 5.15. The van der Waals surface area contributed by atoms with Crippen LogP contribution in [0.25, 0.3) is 22.9 Å². The van der Waals surface area contributed by atoms with Gasteiger partial charge in [0.25, 0.3) is 0 Å². The second kappa shape index (κ2) is 11.5. The summed E-state index contributed by atoms with van der Waals surface area (Å²) in [4.78, 5) is 16.9. The molecular formula is C27H27FN6O. The summed E-state index contributed by atoms with van der Waals surface area (Å²) in [6.07, 6.45) is 9.19. The Bertz CT molecular complexity index is 1330. The van der Waals surface area contributed by atoms with Crippen LogP contribution in [0.15, 0.2) is 84.8 Å². The second-order valence-corrected chi connectivity index (χ2v) is 7.49. The van der Waals surface area contributed by atoms with Crippen molar-refractivity contribution in [3.63, 3.8) is 0 Å². The summed E-state index contributed by atoms with van der Waals surface area (Å²) in [6, 6.07) is 7.31. The highest BCUT2D eigenvalue weighted by Crippen LogP contribution is 2.30. The number of aliphatic imine (C=N–C) groups is 1. The Morgan fingerprint density at radius 3 is 2.69 bits per heavy atom. The van der Waals surface area contributed by atoms with E-state index in [0.29, 0.717) is 28.4 Å². The average Bonchev–Trinajstić information content (AvgIpc) is 2.89. The Balaban J connectivity index is 1.84. The molecule has 0 amide bonds. The number of aromatic nitrogens is 3. The van der Waals surface area contributed by atoms with Crippen molar-refractivity contribution in [1.29, 1.82) is 0 Å². The highest BCUT2D eigenvalue weighted by atomic mass is 19.1. The number of rotatable bonds is 10. The van der Waals surface area contributed by atoms with E-state index in [1.165, 1.54) is 18.5 Å². The van der Waals surface area contributed by atoms with Crippen molar-refractivity contribution in [3.05, 3.63) is 102 Å². The van der Waals surface area contributed by atoms with Gasteiger partial charge in [-0.05, 0) is 55.7 Å². The molecule has 8 heteroatoms. The summed E-state index contributed by atoms with van der Waals surface area (Å²) in [6.45, 7) is 13.3. The molecule has 0 radical (unpaired) electrons. The van der Waals surface area contributed by atoms with E-state index in [-0.39, 0.29) is 17.8 Å². The number of aryl methyl sites for hydroxylation is 1.